The number of aliphatic hydroxyl groups excluding tert-OH is 1. The van der Waals surface area contributed by atoms with Crippen LogP contribution in [0.25, 0.3) is 0 Å². The van der Waals surface area contributed by atoms with Crippen LogP contribution < -0.4 is 0 Å². The van der Waals surface area contributed by atoms with Crippen LogP contribution in [-0.4, -0.2) is 15.4 Å². The number of aryl methyl sites for hydroxylation is 1. The molecule has 2 nitrogen and oxygen atoms in total. The number of hydrogen-bond donors (Lipinski definition) is 1. The fraction of sp³-hybridized carbons (Fsp3) is 0.400. The first-order valence-corrected chi connectivity index (χ1v) is 9.45. The highest BCUT2D eigenvalue weighted by Crippen LogP contribution is 2.30. The molecule has 2 aromatic carbocycles. The normalized spacial score (nSPS) is 15.1. The zero-order valence-corrected chi connectivity index (χ0v) is 15.0. The highest BCUT2D eigenvalue weighted by Gasteiger charge is 2.21. The van der Waals surface area contributed by atoms with Gasteiger partial charge in [0.25, 0.3) is 0 Å². The molecule has 0 spiro atoms. The van der Waals surface area contributed by atoms with Gasteiger partial charge in [-0.3, -0.25) is 0 Å². The Hall–Kier alpha value is -1.45. The van der Waals surface area contributed by atoms with Gasteiger partial charge in [-0.25, -0.2) is 4.21 Å². The van der Waals surface area contributed by atoms with E-state index in [-0.39, 0.29) is 5.92 Å². The summed E-state index contributed by atoms with van der Waals surface area (Å²) in [7, 11) is -1.22. The Morgan fingerprint density at radius 2 is 1.74 bits per heavy atom. The fourth-order valence-corrected chi connectivity index (χ4v) is 3.99. The monoisotopic (exact) mass is 330 g/mol. The van der Waals surface area contributed by atoms with E-state index in [4.69, 9.17) is 0 Å². The predicted molar refractivity (Wildman–Crippen MR) is 96.2 cm³/mol. The van der Waals surface area contributed by atoms with Crippen LogP contribution in [0.15, 0.2) is 58.3 Å². The average molecular weight is 330 g/mol. The van der Waals surface area contributed by atoms with Crippen LogP contribution in [-0.2, 0) is 10.8 Å². The van der Waals surface area contributed by atoms with Crippen LogP contribution in [0.5, 0.6) is 0 Å². The molecule has 0 bridgehead atoms. The summed E-state index contributed by atoms with van der Waals surface area (Å²) >= 11 is 0. The van der Waals surface area contributed by atoms with Crippen molar-refractivity contribution in [3.63, 3.8) is 0 Å². The molecule has 1 unspecified atom stereocenters. The van der Waals surface area contributed by atoms with Crippen LogP contribution in [0.1, 0.15) is 50.2 Å². The van der Waals surface area contributed by atoms with Crippen molar-refractivity contribution < 1.29 is 9.32 Å². The SMILES string of the molecule is CCCC[C@@H](O)[C@@H](C)c1ccccc1S(=O)c1ccc(C)cc1. The van der Waals surface area contributed by atoms with Crippen molar-refractivity contribution in [1.29, 1.82) is 0 Å². The smallest absolute Gasteiger partial charge is 0.0852 e. The molecule has 1 N–H and O–H groups in total. The van der Waals surface area contributed by atoms with Gasteiger partial charge in [0, 0.05) is 15.7 Å². The third-order valence-corrected chi connectivity index (χ3v) is 5.75. The van der Waals surface area contributed by atoms with Crippen LogP contribution in [0, 0.1) is 6.92 Å². The predicted octanol–water partition coefficient (Wildman–Crippen LogP) is 4.82. The summed E-state index contributed by atoms with van der Waals surface area (Å²) < 4.78 is 12.9. The second kappa shape index (κ2) is 8.42. The first-order chi connectivity index (χ1) is 11.0. The van der Waals surface area contributed by atoms with E-state index in [1.165, 1.54) is 0 Å². The van der Waals surface area contributed by atoms with Crippen molar-refractivity contribution in [2.24, 2.45) is 0 Å². The molecule has 0 saturated carbocycles. The van der Waals surface area contributed by atoms with Gasteiger partial charge in [-0.2, -0.15) is 0 Å². The number of rotatable bonds is 7. The summed E-state index contributed by atoms with van der Waals surface area (Å²) in [6.07, 6.45) is 2.46. The van der Waals surface area contributed by atoms with Gasteiger partial charge in [-0.05, 0) is 37.1 Å². The zero-order chi connectivity index (χ0) is 16.8. The summed E-state index contributed by atoms with van der Waals surface area (Å²) in [5, 5.41) is 10.4. The number of aliphatic hydroxyl groups is 1. The molecule has 0 fully saturated rings. The standard InChI is InChI=1S/C20H26O2S/c1-4-5-9-19(21)16(3)18-8-6-7-10-20(18)23(22)17-13-11-15(2)12-14-17/h6-8,10-14,16,19,21H,4-5,9H2,1-3H3/t16-,19+,23?/m0/s1. The topological polar surface area (TPSA) is 37.3 Å². The Bertz CT molecular complexity index is 649. The van der Waals surface area contributed by atoms with Crippen molar-refractivity contribution in [1.82, 2.24) is 0 Å². The van der Waals surface area contributed by atoms with E-state index in [1.807, 2.05) is 62.4 Å². The summed E-state index contributed by atoms with van der Waals surface area (Å²) in [6, 6.07) is 15.6. The van der Waals surface area contributed by atoms with Gasteiger partial charge in [0.05, 0.1) is 16.9 Å². The molecule has 0 saturated heterocycles. The average Bonchev–Trinajstić information content (AvgIpc) is 2.59. The molecule has 0 aliphatic rings. The first-order valence-electron chi connectivity index (χ1n) is 8.30. The Kier molecular flexibility index (Phi) is 6.55. The molecule has 2 aromatic rings. The van der Waals surface area contributed by atoms with Gasteiger partial charge in [-0.15, -0.1) is 0 Å². The summed E-state index contributed by atoms with van der Waals surface area (Å²) in [5.74, 6) is -0.0212. The Labute approximate surface area is 142 Å². The van der Waals surface area contributed by atoms with Crippen LogP contribution in [0.4, 0.5) is 0 Å². The van der Waals surface area contributed by atoms with Gasteiger partial charge in [0.2, 0.25) is 0 Å². The Morgan fingerprint density at radius 1 is 1.09 bits per heavy atom. The van der Waals surface area contributed by atoms with Crippen LogP contribution in [0.2, 0.25) is 0 Å². The first kappa shape index (κ1) is 17.9. The quantitative estimate of drug-likeness (QED) is 0.790. The van der Waals surface area contributed by atoms with E-state index in [0.717, 1.165) is 40.2 Å². The largest absolute Gasteiger partial charge is 0.393 e. The lowest BCUT2D eigenvalue weighted by atomic mass is 9.92. The van der Waals surface area contributed by atoms with E-state index < -0.39 is 16.9 Å². The molecular weight excluding hydrogens is 304 g/mol. The fourth-order valence-electron chi connectivity index (χ4n) is 2.68. The van der Waals surface area contributed by atoms with E-state index in [1.54, 1.807) is 0 Å². The molecule has 0 aliphatic heterocycles. The van der Waals surface area contributed by atoms with Crippen LogP contribution >= 0.6 is 0 Å². The number of unbranched alkanes of at least 4 members (excludes halogenated alkanes) is 1. The van der Waals surface area contributed by atoms with Gasteiger partial charge >= 0.3 is 0 Å². The van der Waals surface area contributed by atoms with Gasteiger partial charge in [-0.1, -0.05) is 62.6 Å². The molecule has 3 atom stereocenters. The maximum absolute atomic E-state index is 12.9. The third kappa shape index (κ3) is 4.52. The lowest BCUT2D eigenvalue weighted by Crippen LogP contribution is -2.17. The summed E-state index contributed by atoms with van der Waals surface area (Å²) in [6.45, 7) is 6.16. The number of benzene rings is 2. The summed E-state index contributed by atoms with van der Waals surface area (Å²) in [4.78, 5) is 1.61. The molecular formula is C20H26O2S. The minimum Gasteiger partial charge on any atom is -0.393 e. The minimum absolute atomic E-state index is 0.0212. The molecule has 0 heterocycles. The van der Waals surface area contributed by atoms with Crippen molar-refractivity contribution in [2.75, 3.05) is 0 Å². The molecule has 23 heavy (non-hydrogen) atoms. The van der Waals surface area contributed by atoms with Crippen molar-refractivity contribution in [2.45, 2.75) is 61.8 Å². The second-order valence-electron chi connectivity index (χ2n) is 6.12. The second-order valence-corrected chi connectivity index (χ2v) is 7.57. The highest BCUT2D eigenvalue weighted by molar-refractivity contribution is 7.85. The van der Waals surface area contributed by atoms with Crippen molar-refractivity contribution in [3.8, 4) is 0 Å². The van der Waals surface area contributed by atoms with Gasteiger partial charge < -0.3 is 5.11 Å². The Morgan fingerprint density at radius 3 is 2.39 bits per heavy atom. The molecule has 0 aliphatic carbocycles. The van der Waals surface area contributed by atoms with Gasteiger partial charge in [0.15, 0.2) is 0 Å². The Balaban J connectivity index is 2.29. The van der Waals surface area contributed by atoms with E-state index in [2.05, 4.69) is 6.92 Å². The van der Waals surface area contributed by atoms with Crippen molar-refractivity contribution in [3.05, 3.63) is 59.7 Å². The maximum atomic E-state index is 12.9. The van der Waals surface area contributed by atoms with E-state index >= 15 is 0 Å². The minimum atomic E-state index is -1.22. The van der Waals surface area contributed by atoms with E-state index in [0.29, 0.717) is 0 Å². The van der Waals surface area contributed by atoms with Crippen molar-refractivity contribution >= 4 is 10.8 Å². The molecule has 2 rings (SSSR count). The molecule has 0 amide bonds. The molecule has 3 heteroatoms. The number of hydrogen-bond acceptors (Lipinski definition) is 2. The zero-order valence-electron chi connectivity index (χ0n) is 14.2. The molecule has 0 radical (unpaired) electrons. The molecule has 124 valence electrons. The third-order valence-electron chi connectivity index (χ3n) is 4.27. The van der Waals surface area contributed by atoms with Crippen LogP contribution in [0.3, 0.4) is 0 Å². The van der Waals surface area contributed by atoms with E-state index in [9.17, 15) is 9.32 Å². The lowest BCUT2D eigenvalue weighted by Gasteiger charge is -2.21. The maximum Gasteiger partial charge on any atom is 0.0852 e. The lowest BCUT2D eigenvalue weighted by molar-refractivity contribution is 0.136. The summed E-state index contributed by atoms with van der Waals surface area (Å²) in [5.41, 5.74) is 2.14. The van der Waals surface area contributed by atoms with Gasteiger partial charge in [0.1, 0.15) is 0 Å². The highest BCUT2D eigenvalue weighted by atomic mass is 32.2. The molecule has 0 aromatic heterocycles.